The van der Waals surface area contributed by atoms with Crippen LogP contribution in [0, 0.1) is 18.3 Å². The smallest absolute Gasteiger partial charge is 0.243 e. The molecule has 0 radical (unpaired) electrons. The molecule has 0 bridgehead atoms. The fraction of sp³-hybridized carbons (Fsp3) is 0.350. The first-order valence-electron chi connectivity index (χ1n) is 8.78. The Morgan fingerprint density at radius 1 is 1.04 bits per heavy atom. The zero-order valence-corrected chi connectivity index (χ0v) is 15.7. The van der Waals surface area contributed by atoms with Crippen LogP contribution in [0.2, 0.25) is 0 Å². The van der Waals surface area contributed by atoms with Crippen LogP contribution >= 0.6 is 0 Å². The molecule has 5 nitrogen and oxygen atoms in total. The van der Waals surface area contributed by atoms with Gasteiger partial charge in [-0.25, -0.2) is 8.42 Å². The van der Waals surface area contributed by atoms with E-state index in [0.717, 1.165) is 26.1 Å². The molecule has 0 saturated carbocycles. The molecule has 0 unspecified atom stereocenters. The Kier molecular flexibility index (Phi) is 5.72. The molecule has 26 heavy (non-hydrogen) atoms. The van der Waals surface area contributed by atoms with Crippen LogP contribution in [0.3, 0.4) is 0 Å². The summed E-state index contributed by atoms with van der Waals surface area (Å²) in [5.74, 6) is 0. The van der Waals surface area contributed by atoms with E-state index in [1.165, 1.54) is 11.6 Å². The van der Waals surface area contributed by atoms with Gasteiger partial charge in [0.25, 0.3) is 0 Å². The van der Waals surface area contributed by atoms with Crippen molar-refractivity contribution in [1.82, 2.24) is 9.21 Å². The number of sulfonamides is 1. The first-order chi connectivity index (χ1) is 12.5. The van der Waals surface area contributed by atoms with E-state index in [9.17, 15) is 8.42 Å². The minimum Gasteiger partial charge on any atom is -0.300 e. The average molecular weight is 369 g/mol. The number of piperazine rings is 1. The van der Waals surface area contributed by atoms with Crippen molar-refractivity contribution in [2.24, 2.45) is 0 Å². The third kappa shape index (κ3) is 4.13. The molecule has 0 spiro atoms. The molecule has 0 aliphatic carbocycles. The van der Waals surface area contributed by atoms with Gasteiger partial charge in [-0.15, -0.1) is 0 Å². The van der Waals surface area contributed by atoms with Gasteiger partial charge in [-0.1, -0.05) is 30.3 Å². The van der Waals surface area contributed by atoms with E-state index >= 15 is 0 Å². The van der Waals surface area contributed by atoms with Crippen molar-refractivity contribution >= 4 is 10.0 Å². The molecular formula is C20H23N3O2S. The molecule has 1 aliphatic heterocycles. The molecular weight excluding hydrogens is 346 g/mol. The summed E-state index contributed by atoms with van der Waals surface area (Å²) in [6.45, 7) is 5.17. The molecule has 0 atom stereocenters. The van der Waals surface area contributed by atoms with Crippen molar-refractivity contribution in [2.75, 3.05) is 32.7 Å². The SMILES string of the molecule is Cc1cc(S(=O)(=O)N2CCN(CCc3ccccc3)CC2)ccc1C#N. The second-order valence-corrected chi connectivity index (χ2v) is 8.51. The first-order valence-corrected chi connectivity index (χ1v) is 10.2. The van der Waals surface area contributed by atoms with Crippen molar-refractivity contribution in [1.29, 1.82) is 5.26 Å². The van der Waals surface area contributed by atoms with Crippen molar-refractivity contribution in [3.8, 4) is 6.07 Å². The van der Waals surface area contributed by atoms with E-state index in [2.05, 4.69) is 23.1 Å². The maximum absolute atomic E-state index is 12.8. The van der Waals surface area contributed by atoms with E-state index in [1.54, 1.807) is 23.4 Å². The van der Waals surface area contributed by atoms with Crippen molar-refractivity contribution < 1.29 is 8.42 Å². The van der Waals surface area contributed by atoms with Crippen LogP contribution < -0.4 is 0 Å². The van der Waals surface area contributed by atoms with Crippen molar-refractivity contribution in [3.05, 3.63) is 65.2 Å². The quantitative estimate of drug-likeness (QED) is 0.812. The van der Waals surface area contributed by atoms with Gasteiger partial charge >= 0.3 is 0 Å². The van der Waals surface area contributed by atoms with Gasteiger partial charge in [-0.2, -0.15) is 9.57 Å². The number of hydrogen-bond acceptors (Lipinski definition) is 4. The fourth-order valence-corrected chi connectivity index (χ4v) is 4.70. The molecule has 6 heteroatoms. The summed E-state index contributed by atoms with van der Waals surface area (Å²) in [5.41, 5.74) is 2.50. The summed E-state index contributed by atoms with van der Waals surface area (Å²) < 4.78 is 27.2. The summed E-state index contributed by atoms with van der Waals surface area (Å²) in [4.78, 5) is 2.58. The predicted molar refractivity (Wildman–Crippen MR) is 101 cm³/mol. The van der Waals surface area contributed by atoms with E-state index in [1.807, 2.05) is 18.2 Å². The molecule has 0 amide bonds. The van der Waals surface area contributed by atoms with Crippen molar-refractivity contribution in [2.45, 2.75) is 18.2 Å². The van der Waals surface area contributed by atoms with E-state index in [4.69, 9.17) is 5.26 Å². The van der Waals surface area contributed by atoms with E-state index in [-0.39, 0.29) is 4.90 Å². The minimum atomic E-state index is -3.50. The number of aryl methyl sites for hydroxylation is 1. The largest absolute Gasteiger partial charge is 0.300 e. The lowest BCUT2D eigenvalue weighted by atomic mass is 10.1. The lowest BCUT2D eigenvalue weighted by Gasteiger charge is -2.34. The summed E-state index contributed by atoms with van der Waals surface area (Å²) in [7, 11) is -3.50. The Morgan fingerprint density at radius 2 is 1.73 bits per heavy atom. The van der Waals surface area contributed by atoms with Crippen LogP contribution in [0.15, 0.2) is 53.4 Å². The molecule has 1 aliphatic rings. The zero-order chi connectivity index (χ0) is 18.6. The molecule has 1 saturated heterocycles. The highest BCUT2D eigenvalue weighted by atomic mass is 32.2. The minimum absolute atomic E-state index is 0.270. The van der Waals surface area contributed by atoms with Gasteiger partial charge in [0, 0.05) is 32.7 Å². The maximum atomic E-state index is 12.8. The van der Waals surface area contributed by atoms with Gasteiger partial charge in [0.05, 0.1) is 16.5 Å². The highest BCUT2D eigenvalue weighted by Crippen LogP contribution is 2.20. The summed E-state index contributed by atoms with van der Waals surface area (Å²) >= 11 is 0. The van der Waals surface area contributed by atoms with Gasteiger partial charge < -0.3 is 4.90 Å². The summed E-state index contributed by atoms with van der Waals surface area (Å²) in [6.07, 6.45) is 0.975. The molecule has 0 aromatic heterocycles. The molecule has 136 valence electrons. The van der Waals surface area contributed by atoms with Crippen LogP contribution in [-0.4, -0.2) is 50.3 Å². The highest BCUT2D eigenvalue weighted by Gasteiger charge is 2.28. The molecule has 2 aromatic carbocycles. The van der Waals surface area contributed by atoms with Gasteiger partial charge in [0.15, 0.2) is 0 Å². The number of nitrogens with zero attached hydrogens (tertiary/aromatic N) is 3. The fourth-order valence-electron chi connectivity index (χ4n) is 3.20. The number of hydrogen-bond donors (Lipinski definition) is 0. The molecule has 1 fully saturated rings. The van der Waals surface area contributed by atoms with Crippen LogP contribution in [-0.2, 0) is 16.4 Å². The average Bonchev–Trinajstić information content (AvgIpc) is 2.67. The van der Waals surface area contributed by atoms with Crippen LogP contribution in [0.5, 0.6) is 0 Å². The Balaban J connectivity index is 1.60. The van der Waals surface area contributed by atoms with Gasteiger partial charge in [-0.3, -0.25) is 0 Å². The number of nitriles is 1. The molecule has 1 heterocycles. The number of rotatable bonds is 5. The summed E-state index contributed by atoms with van der Waals surface area (Å²) in [6, 6.07) is 17.1. The Bertz CT molecular complexity index is 896. The molecule has 3 rings (SSSR count). The van der Waals surface area contributed by atoms with Gasteiger partial charge in [0.1, 0.15) is 0 Å². The second kappa shape index (κ2) is 8.00. The third-order valence-electron chi connectivity index (χ3n) is 4.85. The standard InChI is InChI=1S/C20H23N3O2S/c1-17-15-20(8-7-19(17)16-21)26(24,25)23-13-11-22(12-14-23)10-9-18-5-3-2-4-6-18/h2-8,15H,9-14H2,1H3. The normalized spacial score (nSPS) is 16.3. The Morgan fingerprint density at radius 3 is 2.35 bits per heavy atom. The second-order valence-electron chi connectivity index (χ2n) is 6.57. The van der Waals surface area contributed by atoms with E-state index < -0.39 is 10.0 Å². The Labute approximate surface area is 155 Å². The lowest BCUT2D eigenvalue weighted by molar-refractivity contribution is 0.190. The predicted octanol–water partition coefficient (Wildman–Crippen LogP) is 2.42. The molecule has 0 N–H and O–H groups in total. The third-order valence-corrected chi connectivity index (χ3v) is 6.74. The molecule has 2 aromatic rings. The van der Waals surface area contributed by atoms with Crippen LogP contribution in [0.25, 0.3) is 0 Å². The van der Waals surface area contributed by atoms with Crippen LogP contribution in [0.1, 0.15) is 16.7 Å². The Hall–Kier alpha value is -2.20. The first kappa shape index (κ1) is 18.6. The van der Waals surface area contributed by atoms with Gasteiger partial charge in [-0.05, 0) is 42.7 Å². The van der Waals surface area contributed by atoms with Crippen molar-refractivity contribution in [3.63, 3.8) is 0 Å². The summed E-state index contributed by atoms with van der Waals surface area (Å²) in [5, 5.41) is 9.01. The topological polar surface area (TPSA) is 64.4 Å². The van der Waals surface area contributed by atoms with E-state index in [0.29, 0.717) is 24.2 Å². The maximum Gasteiger partial charge on any atom is 0.243 e. The van der Waals surface area contributed by atoms with Gasteiger partial charge in [0.2, 0.25) is 10.0 Å². The lowest BCUT2D eigenvalue weighted by Crippen LogP contribution is -2.49. The zero-order valence-electron chi connectivity index (χ0n) is 14.9. The van der Waals surface area contributed by atoms with Crippen LogP contribution in [0.4, 0.5) is 0 Å². The monoisotopic (exact) mass is 369 g/mol. The number of benzene rings is 2. The highest BCUT2D eigenvalue weighted by molar-refractivity contribution is 7.89.